The first-order chi connectivity index (χ1) is 18.4. The molecular formula is C29H33N3O5S. The number of likely N-dealkylation sites (tertiary alicyclic amines) is 1. The summed E-state index contributed by atoms with van der Waals surface area (Å²) in [5.74, 6) is -0.771. The van der Waals surface area contributed by atoms with Crippen molar-refractivity contribution >= 4 is 23.2 Å². The number of phenolic OH excluding ortho intramolecular Hbond substituents is 2. The summed E-state index contributed by atoms with van der Waals surface area (Å²) in [5, 5.41) is 22.8. The van der Waals surface area contributed by atoms with Crippen LogP contribution in [0.5, 0.6) is 17.2 Å². The van der Waals surface area contributed by atoms with Crippen LogP contribution in [0.15, 0.2) is 47.8 Å². The summed E-state index contributed by atoms with van der Waals surface area (Å²) in [4.78, 5) is 33.0. The maximum Gasteiger partial charge on any atom is 0.258 e. The van der Waals surface area contributed by atoms with E-state index in [2.05, 4.69) is 4.90 Å². The predicted molar refractivity (Wildman–Crippen MR) is 146 cm³/mol. The fourth-order valence-electron chi connectivity index (χ4n) is 5.08. The van der Waals surface area contributed by atoms with Crippen LogP contribution in [0.1, 0.15) is 56.0 Å². The number of benzene rings is 2. The van der Waals surface area contributed by atoms with Crippen molar-refractivity contribution in [3.8, 4) is 17.2 Å². The van der Waals surface area contributed by atoms with E-state index < -0.39 is 11.8 Å². The lowest BCUT2D eigenvalue weighted by Gasteiger charge is -2.26. The van der Waals surface area contributed by atoms with Crippen molar-refractivity contribution in [3.63, 3.8) is 0 Å². The molecule has 0 spiro atoms. The fourth-order valence-corrected chi connectivity index (χ4v) is 5.84. The van der Waals surface area contributed by atoms with Crippen LogP contribution in [0.2, 0.25) is 0 Å². The zero-order valence-electron chi connectivity index (χ0n) is 21.6. The number of thiophene rings is 1. The molecule has 2 amide bonds. The fraction of sp³-hybridized carbons (Fsp3) is 0.379. The van der Waals surface area contributed by atoms with Gasteiger partial charge in [-0.25, -0.2) is 0 Å². The van der Waals surface area contributed by atoms with Crippen LogP contribution < -0.4 is 4.74 Å². The Hall–Kier alpha value is -3.56. The van der Waals surface area contributed by atoms with Gasteiger partial charge in [0.25, 0.3) is 11.8 Å². The molecule has 2 N–H and O–H groups in total. The van der Waals surface area contributed by atoms with E-state index in [1.54, 1.807) is 11.9 Å². The molecule has 0 radical (unpaired) electrons. The van der Waals surface area contributed by atoms with Crippen LogP contribution in [-0.2, 0) is 19.6 Å². The number of ether oxygens (including phenoxy) is 1. The van der Waals surface area contributed by atoms with E-state index >= 15 is 0 Å². The van der Waals surface area contributed by atoms with E-state index in [4.69, 9.17) is 4.74 Å². The van der Waals surface area contributed by atoms with Gasteiger partial charge in [-0.05, 0) is 66.7 Å². The number of phenols is 2. The monoisotopic (exact) mass is 535 g/mol. The molecule has 2 aromatic carbocycles. The largest absolute Gasteiger partial charge is 0.507 e. The first kappa shape index (κ1) is 26.1. The number of carbonyl (C=O) groups excluding carboxylic acids is 2. The second-order valence-corrected chi connectivity index (χ2v) is 11.0. The third kappa shape index (κ3) is 5.79. The van der Waals surface area contributed by atoms with Gasteiger partial charge in [-0.15, -0.1) is 11.3 Å². The lowest BCUT2D eigenvalue weighted by molar-refractivity contribution is 0.0748. The summed E-state index contributed by atoms with van der Waals surface area (Å²) in [6, 6.07) is 12.1. The van der Waals surface area contributed by atoms with E-state index in [1.165, 1.54) is 41.6 Å². The van der Waals surface area contributed by atoms with E-state index in [9.17, 15) is 19.8 Å². The number of aromatic hydroxyl groups is 2. The SMILES string of the molecule is CN(Cc1cccs1)C(=O)c1cc(C(=O)N2Cc3ccc(OCCN4CCCCC4)cc3C2)c(O)cc1O. The van der Waals surface area contributed by atoms with Crippen molar-refractivity contribution in [2.45, 2.75) is 38.9 Å². The van der Waals surface area contributed by atoms with E-state index in [1.807, 2.05) is 35.7 Å². The normalized spacial score (nSPS) is 15.3. The third-order valence-electron chi connectivity index (χ3n) is 7.21. The van der Waals surface area contributed by atoms with Gasteiger partial charge >= 0.3 is 0 Å². The summed E-state index contributed by atoms with van der Waals surface area (Å²) in [6.45, 7) is 4.94. The van der Waals surface area contributed by atoms with Crippen molar-refractivity contribution in [2.75, 3.05) is 33.3 Å². The predicted octanol–water partition coefficient (Wildman–Crippen LogP) is 4.45. The molecule has 5 rings (SSSR count). The van der Waals surface area contributed by atoms with E-state index in [0.717, 1.165) is 47.5 Å². The Morgan fingerprint density at radius 3 is 2.50 bits per heavy atom. The van der Waals surface area contributed by atoms with Gasteiger partial charge in [0.1, 0.15) is 23.9 Å². The number of nitrogens with zero attached hydrogens (tertiary/aromatic N) is 3. The Kier molecular flexibility index (Phi) is 7.85. The van der Waals surface area contributed by atoms with Crippen molar-refractivity contribution < 1.29 is 24.5 Å². The first-order valence-electron chi connectivity index (χ1n) is 13.0. The second kappa shape index (κ2) is 11.4. The van der Waals surface area contributed by atoms with Crippen LogP contribution in [0.4, 0.5) is 0 Å². The smallest absolute Gasteiger partial charge is 0.258 e. The quantitative estimate of drug-likeness (QED) is 0.443. The number of hydrogen-bond acceptors (Lipinski definition) is 7. The third-order valence-corrected chi connectivity index (χ3v) is 8.07. The first-order valence-corrected chi connectivity index (χ1v) is 13.9. The van der Waals surface area contributed by atoms with Gasteiger partial charge in [0.15, 0.2) is 0 Å². The van der Waals surface area contributed by atoms with E-state index in [-0.39, 0.29) is 22.6 Å². The molecule has 1 saturated heterocycles. The molecule has 0 unspecified atom stereocenters. The average Bonchev–Trinajstić information content (AvgIpc) is 3.58. The lowest BCUT2D eigenvalue weighted by atomic mass is 10.1. The molecule has 38 heavy (non-hydrogen) atoms. The van der Waals surface area contributed by atoms with Gasteiger partial charge in [-0.1, -0.05) is 18.6 Å². The maximum absolute atomic E-state index is 13.4. The number of carbonyl (C=O) groups is 2. The molecule has 0 bridgehead atoms. The molecule has 3 aromatic rings. The maximum atomic E-state index is 13.4. The molecule has 200 valence electrons. The number of piperidine rings is 1. The molecule has 0 atom stereocenters. The zero-order valence-corrected chi connectivity index (χ0v) is 22.4. The molecule has 0 aliphatic carbocycles. The van der Waals surface area contributed by atoms with Crippen LogP contribution in [0.25, 0.3) is 0 Å². The standard InChI is InChI=1S/C29H33N3O5S/c1-30(19-23-6-5-13-38-23)28(35)24-15-25(27(34)16-26(24)33)29(36)32-17-20-7-8-22(14-21(20)18-32)37-12-11-31-9-3-2-4-10-31/h5-8,13-16,33-34H,2-4,9-12,17-19H2,1H3. The summed E-state index contributed by atoms with van der Waals surface area (Å²) >= 11 is 1.53. The highest BCUT2D eigenvalue weighted by Gasteiger charge is 2.29. The molecule has 3 heterocycles. The van der Waals surface area contributed by atoms with Crippen LogP contribution >= 0.6 is 11.3 Å². The summed E-state index contributed by atoms with van der Waals surface area (Å²) in [5.41, 5.74) is 1.99. The molecule has 2 aliphatic rings. The molecular weight excluding hydrogens is 502 g/mol. The minimum Gasteiger partial charge on any atom is -0.507 e. The number of rotatable bonds is 8. The molecule has 9 heteroatoms. The topological polar surface area (TPSA) is 93.6 Å². The summed E-state index contributed by atoms with van der Waals surface area (Å²) < 4.78 is 5.99. The van der Waals surface area contributed by atoms with E-state index in [0.29, 0.717) is 26.2 Å². The number of fused-ring (bicyclic) bond motifs is 1. The highest BCUT2D eigenvalue weighted by molar-refractivity contribution is 7.09. The Morgan fingerprint density at radius 2 is 1.74 bits per heavy atom. The zero-order chi connectivity index (χ0) is 26.6. The Morgan fingerprint density at radius 1 is 0.974 bits per heavy atom. The van der Waals surface area contributed by atoms with Crippen LogP contribution in [0.3, 0.4) is 0 Å². The average molecular weight is 536 g/mol. The van der Waals surface area contributed by atoms with Crippen LogP contribution in [0, 0.1) is 0 Å². The molecule has 1 aromatic heterocycles. The minimum atomic E-state index is -0.430. The minimum absolute atomic E-state index is 0.0125. The highest BCUT2D eigenvalue weighted by atomic mass is 32.1. The summed E-state index contributed by atoms with van der Waals surface area (Å²) in [7, 11) is 1.64. The second-order valence-electron chi connectivity index (χ2n) is 9.97. The van der Waals surface area contributed by atoms with Crippen LogP contribution in [-0.4, -0.2) is 70.0 Å². The number of amides is 2. The molecule has 8 nitrogen and oxygen atoms in total. The van der Waals surface area contributed by atoms with Crippen molar-refractivity contribution in [1.82, 2.24) is 14.7 Å². The Labute approximate surface area is 226 Å². The molecule has 2 aliphatic heterocycles. The van der Waals surface area contributed by atoms with Crippen molar-refractivity contribution in [2.24, 2.45) is 0 Å². The van der Waals surface area contributed by atoms with Gasteiger partial charge in [-0.3, -0.25) is 14.5 Å². The molecule has 1 fully saturated rings. The van der Waals surface area contributed by atoms with Crippen molar-refractivity contribution in [3.05, 3.63) is 75.0 Å². The van der Waals surface area contributed by atoms with Gasteiger partial charge < -0.3 is 24.7 Å². The van der Waals surface area contributed by atoms with Crippen molar-refractivity contribution in [1.29, 1.82) is 0 Å². The van der Waals surface area contributed by atoms with Gasteiger partial charge in [0.05, 0.1) is 17.7 Å². The number of hydrogen-bond donors (Lipinski definition) is 2. The van der Waals surface area contributed by atoms with Gasteiger partial charge in [0, 0.05) is 37.6 Å². The lowest BCUT2D eigenvalue weighted by Crippen LogP contribution is -2.33. The summed E-state index contributed by atoms with van der Waals surface area (Å²) in [6.07, 6.45) is 3.81. The van der Waals surface area contributed by atoms with Gasteiger partial charge in [0.2, 0.25) is 0 Å². The Balaban J connectivity index is 1.24. The highest BCUT2D eigenvalue weighted by Crippen LogP contribution is 2.33. The Bertz CT molecular complexity index is 1300. The molecule has 0 saturated carbocycles. The van der Waals surface area contributed by atoms with Gasteiger partial charge in [-0.2, -0.15) is 0 Å².